The molecule has 2 aromatic rings. The Morgan fingerprint density at radius 1 is 1.22 bits per heavy atom. The van der Waals surface area contributed by atoms with Crippen molar-refractivity contribution in [2.24, 2.45) is 0 Å². The zero-order chi connectivity index (χ0) is 16.2. The maximum Gasteiger partial charge on any atom is 0.234 e. The van der Waals surface area contributed by atoms with E-state index >= 15 is 0 Å². The fourth-order valence-corrected chi connectivity index (χ4v) is 2.89. The van der Waals surface area contributed by atoms with Gasteiger partial charge in [0.25, 0.3) is 0 Å². The summed E-state index contributed by atoms with van der Waals surface area (Å²) in [6, 6.07) is 7.49. The average molecular weight is 331 g/mol. The quantitative estimate of drug-likeness (QED) is 0.793. The number of carbonyl (C=O) groups excluding carboxylic acids is 2. The summed E-state index contributed by atoms with van der Waals surface area (Å²) in [6.07, 6.45) is 4.02. The number of rotatable bonds is 6. The van der Waals surface area contributed by atoms with Crippen LogP contribution in [0.4, 0.5) is 11.4 Å². The summed E-state index contributed by atoms with van der Waals surface area (Å²) in [6.45, 7) is 1.45. The van der Waals surface area contributed by atoms with E-state index in [2.05, 4.69) is 20.8 Å². The van der Waals surface area contributed by atoms with E-state index in [1.807, 2.05) is 4.57 Å². The number of nitrogens with one attached hydrogen (secondary N) is 2. The van der Waals surface area contributed by atoms with Crippen LogP contribution in [0.2, 0.25) is 0 Å². The van der Waals surface area contributed by atoms with Gasteiger partial charge in [-0.15, -0.1) is 10.2 Å². The van der Waals surface area contributed by atoms with Crippen molar-refractivity contribution in [3.63, 3.8) is 0 Å². The molecule has 120 valence electrons. The van der Waals surface area contributed by atoms with Gasteiger partial charge in [-0.1, -0.05) is 11.8 Å². The Morgan fingerprint density at radius 3 is 2.48 bits per heavy atom. The van der Waals surface area contributed by atoms with Gasteiger partial charge in [-0.3, -0.25) is 9.59 Å². The molecule has 3 rings (SSSR count). The zero-order valence-corrected chi connectivity index (χ0v) is 13.5. The van der Waals surface area contributed by atoms with Crippen molar-refractivity contribution in [1.82, 2.24) is 14.8 Å². The average Bonchev–Trinajstić information content (AvgIpc) is 3.25. The van der Waals surface area contributed by atoms with Crippen LogP contribution in [0.3, 0.4) is 0 Å². The van der Waals surface area contributed by atoms with E-state index in [1.165, 1.54) is 18.7 Å². The molecule has 7 nitrogen and oxygen atoms in total. The molecular weight excluding hydrogens is 314 g/mol. The molecule has 0 atom stereocenters. The van der Waals surface area contributed by atoms with E-state index in [9.17, 15) is 9.59 Å². The van der Waals surface area contributed by atoms with Crippen molar-refractivity contribution in [1.29, 1.82) is 0 Å². The number of amides is 2. The summed E-state index contributed by atoms with van der Waals surface area (Å²) in [5, 5.41) is 14.2. The Labute approximate surface area is 137 Å². The molecule has 0 spiro atoms. The normalized spacial score (nSPS) is 13.6. The van der Waals surface area contributed by atoms with Gasteiger partial charge in [0.15, 0.2) is 5.16 Å². The number of hydrogen-bond acceptors (Lipinski definition) is 5. The molecule has 0 saturated heterocycles. The van der Waals surface area contributed by atoms with Crippen LogP contribution in [-0.4, -0.2) is 32.3 Å². The molecule has 1 heterocycles. The second-order valence-electron chi connectivity index (χ2n) is 5.35. The van der Waals surface area contributed by atoms with Crippen LogP contribution < -0.4 is 10.6 Å². The van der Waals surface area contributed by atoms with Gasteiger partial charge in [-0.25, -0.2) is 0 Å². The maximum absolute atomic E-state index is 12.0. The number of carbonyl (C=O) groups is 2. The van der Waals surface area contributed by atoms with Crippen molar-refractivity contribution in [3.8, 4) is 0 Å². The molecule has 1 fully saturated rings. The van der Waals surface area contributed by atoms with Crippen LogP contribution in [0, 0.1) is 0 Å². The Hall–Kier alpha value is -2.35. The number of hydrogen-bond donors (Lipinski definition) is 2. The molecule has 1 saturated carbocycles. The first kappa shape index (κ1) is 15.5. The van der Waals surface area contributed by atoms with Crippen molar-refractivity contribution >= 4 is 35.0 Å². The number of nitrogens with zero attached hydrogens (tertiary/aromatic N) is 3. The highest BCUT2D eigenvalue weighted by atomic mass is 32.2. The highest BCUT2D eigenvalue weighted by Crippen LogP contribution is 2.37. The minimum atomic E-state index is -0.127. The molecule has 0 unspecified atom stereocenters. The van der Waals surface area contributed by atoms with Crippen molar-refractivity contribution in [2.75, 3.05) is 16.4 Å². The van der Waals surface area contributed by atoms with Gasteiger partial charge in [0.2, 0.25) is 11.8 Å². The third-order valence-electron chi connectivity index (χ3n) is 3.30. The first-order chi connectivity index (χ1) is 11.1. The molecule has 0 bridgehead atoms. The molecule has 23 heavy (non-hydrogen) atoms. The third kappa shape index (κ3) is 4.32. The lowest BCUT2D eigenvalue weighted by Crippen LogP contribution is -2.14. The monoisotopic (exact) mass is 331 g/mol. The standard InChI is InChI=1S/C15H17N5O2S/c1-10(21)17-11-2-4-12(5-3-11)18-14(22)8-23-15-19-16-9-20(15)13-6-7-13/h2-5,9,13H,6-8H2,1H3,(H,17,21)(H,18,22). The summed E-state index contributed by atoms with van der Waals surface area (Å²) in [5.74, 6) is 0.0457. The smallest absolute Gasteiger partial charge is 0.234 e. The molecule has 0 radical (unpaired) electrons. The Kier molecular flexibility index (Phi) is 4.61. The van der Waals surface area contributed by atoms with Crippen molar-refractivity contribution < 1.29 is 9.59 Å². The second kappa shape index (κ2) is 6.82. The Bertz CT molecular complexity index is 709. The summed E-state index contributed by atoms with van der Waals surface area (Å²) in [7, 11) is 0. The molecular formula is C15H17N5O2S. The lowest BCUT2D eigenvalue weighted by Gasteiger charge is -2.07. The molecule has 0 aliphatic heterocycles. The minimum Gasteiger partial charge on any atom is -0.326 e. The number of aromatic nitrogens is 3. The summed E-state index contributed by atoms with van der Waals surface area (Å²) >= 11 is 1.38. The van der Waals surface area contributed by atoms with E-state index in [-0.39, 0.29) is 17.6 Å². The highest BCUT2D eigenvalue weighted by Gasteiger charge is 2.26. The van der Waals surface area contributed by atoms with Crippen molar-refractivity contribution in [2.45, 2.75) is 31.0 Å². The molecule has 1 aliphatic carbocycles. The number of anilines is 2. The maximum atomic E-state index is 12.0. The van der Waals surface area contributed by atoms with Gasteiger partial charge in [0.1, 0.15) is 6.33 Å². The lowest BCUT2D eigenvalue weighted by molar-refractivity contribution is -0.114. The van der Waals surface area contributed by atoms with Crippen LogP contribution in [0.5, 0.6) is 0 Å². The minimum absolute atomic E-state index is 0.104. The van der Waals surface area contributed by atoms with Gasteiger partial charge in [-0.2, -0.15) is 0 Å². The van der Waals surface area contributed by atoms with E-state index in [1.54, 1.807) is 30.6 Å². The summed E-state index contributed by atoms with van der Waals surface area (Å²) in [5.41, 5.74) is 1.38. The van der Waals surface area contributed by atoms with Crippen LogP contribution >= 0.6 is 11.8 Å². The Balaban J connectivity index is 1.50. The van der Waals surface area contributed by atoms with E-state index in [0.717, 1.165) is 18.0 Å². The first-order valence-electron chi connectivity index (χ1n) is 7.31. The number of benzene rings is 1. The van der Waals surface area contributed by atoms with Crippen LogP contribution in [0.1, 0.15) is 25.8 Å². The molecule has 2 amide bonds. The van der Waals surface area contributed by atoms with E-state index in [4.69, 9.17) is 0 Å². The van der Waals surface area contributed by atoms with Gasteiger partial charge in [0, 0.05) is 24.3 Å². The predicted molar refractivity (Wildman–Crippen MR) is 88.4 cm³/mol. The number of thioether (sulfide) groups is 1. The van der Waals surface area contributed by atoms with Crippen molar-refractivity contribution in [3.05, 3.63) is 30.6 Å². The van der Waals surface area contributed by atoms with Gasteiger partial charge < -0.3 is 15.2 Å². The summed E-state index contributed by atoms with van der Waals surface area (Å²) < 4.78 is 2.03. The molecule has 1 aromatic carbocycles. The SMILES string of the molecule is CC(=O)Nc1ccc(NC(=O)CSc2nncn2C2CC2)cc1. The van der Waals surface area contributed by atoms with Crippen LogP contribution in [0.25, 0.3) is 0 Å². The van der Waals surface area contributed by atoms with E-state index < -0.39 is 0 Å². The third-order valence-corrected chi connectivity index (χ3v) is 4.26. The first-order valence-corrected chi connectivity index (χ1v) is 8.30. The highest BCUT2D eigenvalue weighted by molar-refractivity contribution is 7.99. The van der Waals surface area contributed by atoms with Gasteiger partial charge in [0.05, 0.1) is 5.75 Å². The fourth-order valence-electron chi connectivity index (χ4n) is 2.11. The summed E-state index contributed by atoms with van der Waals surface area (Å²) in [4.78, 5) is 23.0. The largest absolute Gasteiger partial charge is 0.326 e. The van der Waals surface area contributed by atoms with Gasteiger partial charge >= 0.3 is 0 Å². The zero-order valence-electron chi connectivity index (χ0n) is 12.7. The Morgan fingerprint density at radius 2 is 1.87 bits per heavy atom. The molecule has 2 N–H and O–H groups in total. The van der Waals surface area contributed by atoms with E-state index in [0.29, 0.717) is 17.4 Å². The van der Waals surface area contributed by atoms with Crippen LogP contribution in [0.15, 0.2) is 35.7 Å². The lowest BCUT2D eigenvalue weighted by atomic mass is 10.3. The van der Waals surface area contributed by atoms with Crippen LogP contribution in [-0.2, 0) is 9.59 Å². The van der Waals surface area contributed by atoms with Gasteiger partial charge in [-0.05, 0) is 37.1 Å². The second-order valence-corrected chi connectivity index (χ2v) is 6.29. The molecule has 1 aromatic heterocycles. The predicted octanol–water partition coefficient (Wildman–Crippen LogP) is 2.30. The topological polar surface area (TPSA) is 88.9 Å². The molecule has 8 heteroatoms. The molecule has 1 aliphatic rings. The fraction of sp³-hybridized carbons (Fsp3) is 0.333.